The van der Waals surface area contributed by atoms with Gasteiger partial charge in [0.2, 0.25) is 0 Å². The van der Waals surface area contributed by atoms with Crippen molar-refractivity contribution in [2.75, 3.05) is 0 Å². The third-order valence-corrected chi connectivity index (χ3v) is 3.87. The van der Waals surface area contributed by atoms with E-state index in [1.54, 1.807) is 0 Å². The highest BCUT2D eigenvalue weighted by molar-refractivity contribution is 7.73. The highest BCUT2D eigenvalue weighted by atomic mass is 32.2. The molecule has 94 valence electrons. The molecule has 1 fully saturated rings. The Labute approximate surface area is 94.5 Å². The molecule has 2 nitrogen and oxygen atoms in total. The van der Waals surface area contributed by atoms with Crippen molar-refractivity contribution in [3.63, 3.8) is 0 Å². The average Bonchev–Trinajstić information content (AvgIpc) is 2.38. The average molecular weight is 256 g/mol. The van der Waals surface area contributed by atoms with Gasteiger partial charge in [-0.25, -0.2) is 8.42 Å². The van der Waals surface area contributed by atoms with Gasteiger partial charge in [0.25, 0.3) is 0 Å². The molecular formula is C10H15F3O2S. The van der Waals surface area contributed by atoms with Crippen LogP contribution in [0.2, 0.25) is 0 Å². The van der Waals surface area contributed by atoms with Gasteiger partial charge in [-0.1, -0.05) is 11.6 Å². The molecule has 0 N–H and O–H groups in total. The molecule has 6 heteroatoms. The van der Waals surface area contributed by atoms with Crippen LogP contribution in [0.1, 0.15) is 38.5 Å². The first kappa shape index (κ1) is 13.5. The van der Waals surface area contributed by atoms with Gasteiger partial charge in [0.05, 0.1) is 11.7 Å². The van der Waals surface area contributed by atoms with Crippen LogP contribution in [0.3, 0.4) is 0 Å². The van der Waals surface area contributed by atoms with Crippen LogP contribution in [0.25, 0.3) is 0 Å². The number of allylic oxidation sites excluding steroid dienone is 2. The molecule has 1 rings (SSSR count). The van der Waals surface area contributed by atoms with E-state index in [9.17, 15) is 21.6 Å². The van der Waals surface area contributed by atoms with Gasteiger partial charge in [-0.15, -0.1) is 0 Å². The molecular weight excluding hydrogens is 241 g/mol. The molecule has 1 aliphatic rings. The smallest absolute Gasteiger partial charge is 0.232 e. The molecule has 0 aromatic heterocycles. The lowest BCUT2D eigenvalue weighted by atomic mass is 10.1. The largest absolute Gasteiger partial charge is 0.392 e. The van der Waals surface area contributed by atoms with E-state index < -0.39 is 23.3 Å². The molecule has 0 bridgehead atoms. The predicted molar refractivity (Wildman–Crippen MR) is 55.9 cm³/mol. The molecule has 0 heterocycles. The summed E-state index contributed by atoms with van der Waals surface area (Å²) in [6, 6.07) is 0. The van der Waals surface area contributed by atoms with Gasteiger partial charge >= 0.3 is 6.18 Å². The Hall–Kier alpha value is -0.520. The van der Waals surface area contributed by atoms with Crippen LogP contribution in [0.4, 0.5) is 13.2 Å². The summed E-state index contributed by atoms with van der Waals surface area (Å²) < 4.78 is 57.5. The lowest BCUT2D eigenvalue weighted by molar-refractivity contribution is -0.125. The van der Waals surface area contributed by atoms with Gasteiger partial charge in [0.15, 0.2) is 0 Å². The SMILES string of the molecule is O=[SH](=O)C1CCC/C(=C/CC(F)(F)F)CC1. The normalized spacial score (nSPS) is 26.0. The van der Waals surface area contributed by atoms with Gasteiger partial charge in [-0.3, -0.25) is 0 Å². The van der Waals surface area contributed by atoms with E-state index in [1.165, 1.54) is 6.08 Å². The fourth-order valence-corrected chi connectivity index (χ4v) is 2.59. The van der Waals surface area contributed by atoms with Crippen LogP contribution in [-0.2, 0) is 10.7 Å². The Bertz CT molecular complexity index is 323. The zero-order chi connectivity index (χ0) is 12.2. The Morgan fingerprint density at radius 3 is 2.50 bits per heavy atom. The van der Waals surface area contributed by atoms with Crippen molar-refractivity contribution < 1.29 is 21.6 Å². The quantitative estimate of drug-likeness (QED) is 0.468. The molecule has 1 atom stereocenters. The fourth-order valence-electron chi connectivity index (χ4n) is 1.86. The maximum atomic E-state index is 12.0. The van der Waals surface area contributed by atoms with E-state index >= 15 is 0 Å². The molecule has 16 heavy (non-hydrogen) atoms. The van der Waals surface area contributed by atoms with Crippen molar-refractivity contribution in [1.29, 1.82) is 0 Å². The van der Waals surface area contributed by atoms with Crippen molar-refractivity contribution in [2.45, 2.75) is 50.0 Å². The number of halogens is 3. The van der Waals surface area contributed by atoms with Crippen LogP contribution in [-0.4, -0.2) is 19.8 Å². The maximum absolute atomic E-state index is 12.0. The van der Waals surface area contributed by atoms with E-state index in [-0.39, 0.29) is 5.25 Å². The summed E-state index contributed by atoms with van der Waals surface area (Å²) in [6.45, 7) is 0. The Balaban J connectivity index is 2.53. The van der Waals surface area contributed by atoms with Crippen LogP contribution in [0.5, 0.6) is 0 Å². The van der Waals surface area contributed by atoms with Crippen LogP contribution in [0.15, 0.2) is 11.6 Å². The zero-order valence-corrected chi connectivity index (χ0v) is 9.69. The van der Waals surface area contributed by atoms with Gasteiger partial charge < -0.3 is 0 Å². The standard InChI is InChI=1S/C10H15F3O2S/c11-10(12,13)7-6-8-2-1-3-9(5-4-8)16(14)15/h6,9,16H,1-5,7H2/b8-6-. The van der Waals surface area contributed by atoms with E-state index in [0.29, 0.717) is 32.1 Å². The molecule has 0 aliphatic heterocycles. The third kappa shape index (κ3) is 5.01. The van der Waals surface area contributed by atoms with E-state index in [0.717, 1.165) is 5.57 Å². The second-order valence-corrected chi connectivity index (χ2v) is 5.35. The van der Waals surface area contributed by atoms with E-state index in [1.807, 2.05) is 0 Å². The topological polar surface area (TPSA) is 34.1 Å². The van der Waals surface area contributed by atoms with Gasteiger partial charge in [0.1, 0.15) is 10.7 Å². The van der Waals surface area contributed by atoms with Gasteiger partial charge in [-0.2, -0.15) is 13.2 Å². The summed E-state index contributed by atoms with van der Waals surface area (Å²) in [5.41, 5.74) is 0.747. The molecule has 1 saturated carbocycles. The van der Waals surface area contributed by atoms with Crippen molar-refractivity contribution in [3.8, 4) is 0 Å². The minimum absolute atomic E-state index is 0.355. The summed E-state index contributed by atoms with van der Waals surface area (Å²) in [6.07, 6.45) is -1.10. The minimum Gasteiger partial charge on any atom is -0.232 e. The highest BCUT2D eigenvalue weighted by Gasteiger charge is 2.25. The van der Waals surface area contributed by atoms with Crippen molar-refractivity contribution in [2.24, 2.45) is 0 Å². The molecule has 0 spiro atoms. The Kier molecular flexibility index (Phi) is 4.83. The summed E-state index contributed by atoms with van der Waals surface area (Å²) in [5.74, 6) is 0. The molecule has 0 aromatic carbocycles. The second kappa shape index (κ2) is 5.70. The Morgan fingerprint density at radius 1 is 1.25 bits per heavy atom. The summed E-state index contributed by atoms with van der Waals surface area (Å²) in [5, 5.41) is -0.355. The first-order valence-corrected chi connectivity index (χ1v) is 6.51. The molecule has 0 radical (unpaired) electrons. The monoisotopic (exact) mass is 256 g/mol. The maximum Gasteiger partial charge on any atom is 0.392 e. The first-order chi connectivity index (χ1) is 7.38. The van der Waals surface area contributed by atoms with Crippen molar-refractivity contribution >= 4 is 10.7 Å². The Morgan fingerprint density at radius 2 is 1.94 bits per heavy atom. The lowest BCUT2D eigenvalue weighted by Crippen LogP contribution is -2.07. The number of hydrogen-bond acceptors (Lipinski definition) is 2. The third-order valence-electron chi connectivity index (χ3n) is 2.75. The van der Waals surface area contributed by atoms with Gasteiger partial charge in [0, 0.05) is 0 Å². The van der Waals surface area contributed by atoms with Crippen LogP contribution < -0.4 is 0 Å². The van der Waals surface area contributed by atoms with Crippen LogP contribution in [0, 0.1) is 0 Å². The van der Waals surface area contributed by atoms with Crippen molar-refractivity contribution in [1.82, 2.24) is 0 Å². The minimum atomic E-state index is -4.16. The number of hydrogen-bond donors (Lipinski definition) is 1. The second-order valence-electron chi connectivity index (χ2n) is 4.05. The molecule has 0 saturated heterocycles. The van der Waals surface area contributed by atoms with E-state index in [2.05, 4.69) is 0 Å². The highest BCUT2D eigenvalue weighted by Crippen LogP contribution is 2.27. The summed E-state index contributed by atoms with van der Waals surface area (Å²) >= 11 is 0. The summed E-state index contributed by atoms with van der Waals surface area (Å²) in [4.78, 5) is 0. The zero-order valence-electron chi connectivity index (χ0n) is 8.79. The predicted octanol–water partition coefficient (Wildman–Crippen LogP) is 2.81. The van der Waals surface area contributed by atoms with E-state index in [4.69, 9.17) is 0 Å². The number of alkyl halides is 3. The number of thiol groups is 1. The molecule has 1 aliphatic carbocycles. The molecule has 0 amide bonds. The summed E-state index contributed by atoms with van der Waals surface area (Å²) in [7, 11) is -2.44. The molecule has 1 unspecified atom stereocenters. The first-order valence-electron chi connectivity index (χ1n) is 5.26. The number of rotatable bonds is 2. The fraction of sp³-hybridized carbons (Fsp3) is 0.800. The van der Waals surface area contributed by atoms with Gasteiger partial charge in [-0.05, 0) is 32.1 Å². The van der Waals surface area contributed by atoms with Crippen molar-refractivity contribution in [3.05, 3.63) is 11.6 Å². The van der Waals surface area contributed by atoms with Crippen LogP contribution >= 0.6 is 0 Å². The lowest BCUT2D eigenvalue weighted by Gasteiger charge is -2.05. The molecule has 0 aromatic rings.